The lowest BCUT2D eigenvalue weighted by molar-refractivity contribution is -0.387. The van der Waals surface area contributed by atoms with Crippen molar-refractivity contribution >= 4 is 29.0 Å². The summed E-state index contributed by atoms with van der Waals surface area (Å²) in [7, 11) is 0. The van der Waals surface area contributed by atoms with Crippen LogP contribution in [0, 0.1) is 17.0 Å². The number of carbonyl (C=O) groups excluding carboxylic acids is 1. The summed E-state index contributed by atoms with van der Waals surface area (Å²) in [5.74, 6) is 0.401. The fourth-order valence-corrected chi connectivity index (χ4v) is 5.01. The molecule has 1 aliphatic heterocycles. The number of nitro benzene ring substituents is 1. The van der Waals surface area contributed by atoms with Crippen LogP contribution in [0.1, 0.15) is 28.4 Å². The molecule has 1 saturated heterocycles. The number of benzene rings is 2. The predicted molar refractivity (Wildman–Crippen MR) is 131 cm³/mol. The molecule has 8 heteroatoms. The summed E-state index contributed by atoms with van der Waals surface area (Å²) < 4.78 is 0. The molecule has 0 aliphatic carbocycles. The zero-order chi connectivity index (χ0) is 23.4. The van der Waals surface area contributed by atoms with Crippen molar-refractivity contribution in [1.29, 1.82) is 0 Å². The van der Waals surface area contributed by atoms with Gasteiger partial charge in [0, 0.05) is 61.1 Å². The Morgan fingerprint density at radius 2 is 2.03 bits per heavy atom. The van der Waals surface area contributed by atoms with E-state index in [1.807, 2.05) is 18.2 Å². The van der Waals surface area contributed by atoms with Crippen molar-refractivity contribution < 1.29 is 9.72 Å². The van der Waals surface area contributed by atoms with Crippen molar-refractivity contribution in [3.63, 3.8) is 0 Å². The number of nitrogens with zero attached hydrogens (tertiary/aromatic N) is 4. The molecule has 170 valence electrons. The van der Waals surface area contributed by atoms with E-state index in [2.05, 4.69) is 41.9 Å². The summed E-state index contributed by atoms with van der Waals surface area (Å²) in [5.41, 5.74) is 3.65. The van der Waals surface area contributed by atoms with Crippen molar-refractivity contribution in [2.24, 2.45) is 0 Å². The smallest absolute Gasteiger partial charge is 0.283 e. The van der Waals surface area contributed by atoms with E-state index in [1.165, 1.54) is 23.4 Å². The van der Waals surface area contributed by atoms with Crippen LogP contribution in [0.5, 0.6) is 0 Å². The number of rotatable bonds is 6. The molecule has 1 aliphatic rings. The van der Waals surface area contributed by atoms with Gasteiger partial charge in [0.05, 0.1) is 9.82 Å². The standard InChI is InChI=1S/C25H26N4O3S/c1-18-5-3-7-22(13-18)28-12-11-27(16-19(28)2)25(30)21-8-9-24(23(14-21)29(31)32)33-17-20-6-4-10-26-15-20/h3-10,13-15,19H,11-12,16-17H2,1-2H3. The van der Waals surface area contributed by atoms with E-state index < -0.39 is 4.92 Å². The summed E-state index contributed by atoms with van der Waals surface area (Å²) in [6.45, 7) is 6.03. The monoisotopic (exact) mass is 462 g/mol. The largest absolute Gasteiger partial charge is 0.365 e. The first-order valence-electron chi connectivity index (χ1n) is 10.8. The van der Waals surface area contributed by atoms with Crippen molar-refractivity contribution in [2.45, 2.75) is 30.5 Å². The number of thioether (sulfide) groups is 1. The summed E-state index contributed by atoms with van der Waals surface area (Å²) in [4.78, 5) is 33.2. The SMILES string of the molecule is Cc1cccc(N2CCN(C(=O)c3ccc(SCc4cccnc4)c([N+](=O)[O-])c3)CC2C)c1. The van der Waals surface area contributed by atoms with E-state index in [0.29, 0.717) is 29.3 Å². The Balaban J connectivity index is 1.46. The van der Waals surface area contributed by atoms with Crippen LogP contribution in [-0.4, -0.2) is 46.4 Å². The molecule has 33 heavy (non-hydrogen) atoms. The second-order valence-corrected chi connectivity index (χ2v) is 9.24. The molecule has 1 fully saturated rings. The number of hydrogen-bond acceptors (Lipinski definition) is 6. The van der Waals surface area contributed by atoms with Crippen LogP contribution in [0.3, 0.4) is 0 Å². The van der Waals surface area contributed by atoms with Crippen LogP contribution in [-0.2, 0) is 5.75 Å². The highest BCUT2D eigenvalue weighted by Gasteiger charge is 2.29. The molecule has 4 rings (SSSR count). The van der Waals surface area contributed by atoms with E-state index in [0.717, 1.165) is 17.8 Å². The van der Waals surface area contributed by atoms with Gasteiger partial charge in [-0.25, -0.2) is 0 Å². The van der Waals surface area contributed by atoms with Crippen molar-refractivity contribution in [3.8, 4) is 0 Å². The highest BCUT2D eigenvalue weighted by molar-refractivity contribution is 7.98. The van der Waals surface area contributed by atoms with E-state index >= 15 is 0 Å². The summed E-state index contributed by atoms with van der Waals surface area (Å²) >= 11 is 1.37. The third kappa shape index (κ3) is 5.34. The van der Waals surface area contributed by atoms with Gasteiger partial charge in [-0.05, 0) is 55.3 Å². The van der Waals surface area contributed by atoms with Gasteiger partial charge in [0.1, 0.15) is 0 Å². The zero-order valence-corrected chi connectivity index (χ0v) is 19.5. The third-order valence-electron chi connectivity index (χ3n) is 5.77. The second kappa shape index (κ2) is 10.0. The number of anilines is 1. The summed E-state index contributed by atoms with van der Waals surface area (Å²) in [6, 6.07) is 17.1. The number of nitro groups is 1. The Morgan fingerprint density at radius 1 is 1.18 bits per heavy atom. The van der Waals surface area contributed by atoms with Crippen LogP contribution < -0.4 is 4.90 Å². The lowest BCUT2D eigenvalue weighted by atomic mass is 10.1. The van der Waals surface area contributed by atoms with Gasteiger partial charge >= 0.3 is 0 Å². The fraction of sp³-hybridized carbons (Fsp3) is 0.280. The van der Waals surface area contributed by atoms with E-state index in [-0.39, 0.29) is 17.6 Å². The molecule has 0 bridgehead atoms. The van der Waals surface area contributed by atoms with Crippen molar-refractivity contribution in [3.05, 3.63) is 93.8 Å². The highest BCUT2D eigenvalue weighted by atomic mass is 32.2. The first-order chi connectivity index (χ1) is 15.9. The lowest BCUT2D eigenvalue weighted by Gasteiger charge is -2.41. The molecule has 1 amide bonds. The average molecular weight is 463 g/mol. The molecule has 0 saturated carbocycles. The zero-order valence-electron chi connectivity index (χ0n) is 18.7. The molecular weight excluding hydrogens is 436 g/mol. The molecular formula is C25H26N4O3S. The van der Waals surface area contributed by atoms with Gasteiger partial charge in [-0.1, -0.05) is 18.2 Å². The number of carbonyl (C=O) groups is 1. The van der Waals surface area contributed by atoms with E-state index in [9.17, 15) is 14.9 Å². The maximum Gasteiger partial charge on any atom is 0.283 e. The lowest BCUT2D eigenvalue weighted by Crippen LogP contribution is -2.53. The number of pyridine rings is 1. The van der Waals surface area contributed by atoms with Gasteiger partial charge in [0.2, 0.25) is 0 Å². The van der Waals surface area contributed by atoms with Gasteiger partial charge in [0.25, 0.3) is 11.6 Å². The Kier molecular flexibility index (Phi) is 6.93. The van der Waals surface area contributed by atoms with Gasteiger partial charge < -0.3 is 9.80 Å². The maximum atomic E-state index is 13.2. The topological polar surface area (TPSA) is 79.6 Å². The van der Waals surface area contributed by atoms with Gasteiger partial charge in [-0.2, -0.15) is 0 Å². The maximum absolute atomic E-state index is 13.2. The quantitative estimate of drug-likeness (QED) is 0.293. The van der Waals surface area contributed by atoms with Gasteiger partial charge in [-0.15, -0.1) is 11.8 Å². The summed E-state index contributed by atoms with van der Waals surface area (Å²) in [5, 5.41) is 11.7. The Bertz CT molecular complexity index is 1160. The Hall–Kier alpha value is -3.39. The molecule has 1 atom stereocenters. The first kappa shape index (κ1) is 22.8. The fourth-order valence-electron chi connectivity index (χ4n) is 4.07. The normalized spacial score (nSPS) is 16.0. The van der Waals surface area contributed by atoms with Crippen LogP contribution in [0.4, 0.5) is 11.4 Å². The molecule has 2 heterocycles. The van der Waals surface area contributed by atoms with Crippen LogP contribution >= 0.6 is 11.8 Å². The molecule has 0 N–H and O–H groups in total. The molecule has 0 spiro atoms. The third-order valence-corrected chi connectivity index (χ3v) is 6.90. The van der Waals surface area contributed by atoms with Crippen LogP contribution in [0.15, 0.2) is 71.9 Å². The number of aromatic nitrogens is 1. The van der Waals surface area contributed by atoms with E-state index in [1.54, 1.807) is 29.4 Å². The van der Waals surface area contributed by atoms with Crippen LogP contribution in [0.25, 0.3) is 0 Å². The minimum atomic E-state index is -0.416. The molecule has 2 aromatic carbocycles. The minimum Gasteiger partial charge on any atom is -0.365 e. The van der Waals surface area contributed by atoms with Crippen LogP contribution in [0.2, 0.25) is 0 Å². The van der Waals surface area contributed by atoms with Crippen molar-refractivity contribution in [1.82, 2.24) is 9.88 Å². The number of piperazine rings is 1. The predicted octanol–water partition coefficient (Wildman–Crippen LogP) is 4.94. The molecule has 7 nitrogen and oxygen atoms in total. The molecule has 1 unspecified atom stereocenters. The summed E-state index contributed by atoms with van der Waals surface area (Å²) in [6.07, 6.45) is 3.44. The van der Waals surface area contributed by atoms with Gasteiger partial charge in [0.15, 0.2) is 0 Å². The van der Waals surface area contributed by atoms with Crippen molar-refractivity contribution in [2.75, 3.05) is 24.5 Å². The molecule has 3 aromatic rings. The number of hydrogen-bond donors (Lipinski definition) is 0. The number of aryl methyl sites for hydroxylation is 1. The highest BCUT2D eigenvalue weighted by Crippen LogP contribution is 2.33. The van der Waals surface area contributed by atoms with Gasteiger partial charge in [-0.3, -0.25) is 19.9 Å². The number of amides is 1. The van der Waals surface area contributed by atoms with E-state index in [4.69, 9.17) is 0 Å². The Labute approximate surface area is 197 Å². The minimum absolute atomic E-state index is 0.0406. The molecule has 0 radical (unpaired) electrons. The average Bonchev–Trinajstić information content (AvgIpc) is 2.82. The molecule has 1 aromatic heterocycles. The Morgan fingerprint density at radius 3 is 2.73 bits per heavy atom. The first-order valence-corrected chi connectivity index (χ1v) is 11.8. The second-order valence-electron chi connectivity index (χ2n) is 8.22.